The van der Waals surface area contributed by atoms with E-state index in [0.717, 1.165) is 24.3 Å². The highest BCUT2D eigenvalue weighted by Crippen LogP contribution is 2.14. The minimum absolute atomic E-state index is 0.0101. The number of benzene rings is 2. The van der Waals surface area contributed by atoms with E-state index in [4.69, 9.17) is 4.74 Å². The standard InChI is InChI=1S/C21H22N2O2S/c1-16-4-8-18(9-5-16)23-21(24)15-25-19-10-6-17(7-11-19)13-22-14-20-3-2-12-26-20/h2-12,22H,13-15H2,1H3,(H,23,24). The zero-order valence-electron chi connectivity index (χ0n) is 14.7. The third kappa shape index (κ3) is 5.72. The predicted octanol–water partition coefficient (Wildman–Crippen LogP) is 4.36. The Kier molecular flexibility index (Phi) is 6.41. The van der Waals surface area contributed by atoms with Crippen molar-refractivity contribution >= 4 is 22.9 Å². The van der Waals surface area contributed by atoms with Gasteiger partial charge in [-0.2, -0.15) is 0 Å². The molecule has 2 aromatic carbocycles. The lowest BCUT2D eigenvalue weighted by Gasteiger charge is -2.09. The molecule has 0 radical (unpaired) electrons. The molecule has 26 heavy (non-hydrogen) atoms. The van der Waals surface area contributed by atoms with Crippen LogP contribution in [0.15, 0.2) is 66.0 Å². The Bertz CT molecular complexity index is 812. The number of rotatable bonds is 8. The zero-order chi connectivity index (χ0) is 18.2. The van der Waals surface area contributed by atoms with Gasteiger partial charge in [-0.1, -0.05) is 35.9 Å². The lowest BCUT2D eigenvalue weighted by atomic mass is 10.2. The molecular weight excluding hydrogens is 344 g/mol. The maximum Gasteiger partial charge on any atom is 0.262 e. The van der Waals surface area contributed by atoms with E-state index >= 15 is 0 Å². The Labute approximate surface area is 157 Å². The molecule has 1 heterocycles. The number of aryl methyl sites for hydroxylation is 1. The molecule has 1 aromatic heterocycles. The fourth-order valence-electron chi connectivity index (χ4n) is 2.43. The SMILES string of the molecule is Cc1ccc(NC(=O)COc2ccc(CNCc3cccs3)cc2)cc1. The molecule has 1 amide bonds. The molecule has 5 heteroatoms. The second kappa shape index (κ2) is 9.17. The molecule has 0 saturated carbocycles. The summed E-state index contributed by atoms with van der Waals surface area (Å²) in [6.07, 6.45) is 0. The van der Waals surface area contributed by atoms with Crippen molar-refractivity contribution in [3.63, 3.8) is 0 Å². The van der Waals surface area contributed by atoms with Gasteiger partial charge in [-0.05, 0) is 48.2 Å². The number of anilines is 1. The van der Waals surface area contributed by atoms with Crippen molar-refractivity contribution < 1.29 is 9.53 Å². The van der Waals surface area contributed by atoms with E-state index in [9.17, 15) is 4.79 Å². The first-order chi connectivity index (χ1) is 12.7. The molecule has 2 N–H and O–H groups in total. The molecule has 0 unspecified atom stereocenters. The molecule has 134 valence electrons. The zero-order valence-corrected chi connectivity index (χ0v) is 15.5. The smallest absolute Gasteiger partial charge is 0.262 e. The quantitative estimate of drug-likeness (QED) is 0.623. The maximum absolute atomic E-state index is 11.9. The van der Waals surface area contributed by atoms with Gasteiger partial charge >= 0.3 is 0 Å². The van der Waals surface area contributed by atoms with Crippen LogP contribution in [-0.4, -0.2) is 12.5 Å². The molecule has 3 aromatic rings. The Morgan fingerprint density at radius 1 is 1.00 bits per heavy atom. The second-order valence-corrected chi connectivity index (χ2v) is 7.06. The van der Waals surface area contributed by atoms with E-state index in [-0.39, 0.29) is 12.5 Å². The average molecular weight is 366 g/mol. The summed E-state index contributed by atoms with van der Waals surface area (Å²) in [7, 11) is 0. The van der Waals surface area contributed by atoms with Gasteiger partial charge in [0.2, 0.25) is 0 Å². The van der Waals surface area contributed by atoms with Gasteiger partial charge in [0, 0.05) is 23.7 Å². The first kappa shape index (κ1) is 18.2. The van der Waals surface area contributed by atoms with Crippen LogP contribution < -0.4 is 15.4 Å². The van der Waals surface area contributed by atoms with E-state index in [2.05, 4.69) is 28.1 Å². The Morgan fingerprint density at radius 2 is 1.77 bits per heavy atom. The highest BCUT2D eigenvalue weighted by Gasteiger charge is 2.04. The predicted molar refractivity (Wildman–Crippen MR) is 107 cm³/mol. The molecule has 0 fully saturated rings. The molecule has 0 aliphatic carbocycles. The second-order valence-electron chi connectivity index (χ2n) is 6.03. The van der Waals surface area contributed by atoms with Crippen LogP contribution in [-0.2, 0) is 17.9 Å². The lowest BCUT2D eigenvalue weighted by molar-refractivity contribution is -0.118. The van der Waals surface area contributed by atoms with E-state index < -0.39 is 0 Å². The fourth-order valence-corrected chi connectivity index (χ4v) is 3.10. The topological polar surface area (TPSA) is 50.4 Å². The normalized spacial score (nSPS) is 10.5. The molecule has 0 aliphatic heterocycles. The lowest BCUT2D eigenvalue weighted by Crippen LogP contribution is -2.20. The van der Waals surface area contributed by atoms with Crippen LogP contribution in [0.1, 0.15) is 16.0 Å². The number of carbonyl (C=O) groups excluding carboxylic acids is 1. The maximum atomic E-state index is 11.9. The molecule has 3 rings (SSSR count). The minimum atomic E-state index is -0.171. The van der Waals surface area contributed by atoms with Crippen molar-refractivity contribution in [3.8, 4) is 5.75 Å². The van der Waals surface area contributed by atoms with Gasteiger partial charge < -0.3 is 15.4 Å². The number of hydrogen-bond donors (Lipinski definition) is 2. The molecule has 0 aliphatic rings. The number of amides is 1. The number of nitrogens with one attached hydrogen (secondary N) is 2. The first-order valence-corrected chi connectivity index (χ1v) is 9.38. The van der Waals surface area contributed by atoms with E-state index in [1.807, 2.05) is 55.5 Å². The number of carbonyl (C=O) groups is 1. The van der Waals surface area contributed by atoms with Gasteiger partial charge in [-0.15, -0.1) is 11.3 Å². The molecule has 0 atom stereocenters. The molecule has 0 spiro atoms. The van der Waals surface area contributed by atoms with Crippen molar-refractivity contribution in [2.45, 2.75) is 20.0 Å². The van der Waals surface area contributed by atoms with Crippen LogP contribution in [0.25, 0.3) is 0 Å². The summed E-state index contributed by atoms with van der Waals surface area (Å²) < 4.78 is 5.55. The van der Waals surface area contributed by atoms with Crippen LogP contribution in [0, 0.1) is 6.92 Å². The van der Waals surface area contributed by atoms with Crippen molar-refractivity contribution in [1.82, 2.24) is 5.32 Å². The van der Waals surface area contributed by atoms with Gasteiger partial charge in [0.05, 0.1) is 0 Å². The van der Waals surface area contributed by atoms with Crippen LogP contribution in [0.3, 0.4) is 0 Å². The Morgan fingerprint density at radius 3 is 2.46 bits per heavy atom. The summed E-state index contributed by atoms with van der Waals surface area (Å²) in [5.41, 5.74) is 3.11. The molecule has 0 bridgehead atoms. The van der Waals surface area contributed by atoms with Crippen molar-refractivity contribution in [2.75, 3.05) is 11.9 Å². The molecule has 4 nitrogen and oxygen atoms in total. The number of hydrogen-bond acceptors (Lipinski definition) is 4. The van der Waals surface area contributed by atoms with Gasteiger partial charge in [0.25, 0.3) is 5.91 Å². The monoisotopic (exact) mass is 366 g/mol. The van der Waals surface area contributed by atoms with E-state index in [1.54, 1.807) is 11.3 Å². The van der Waals surface area contributed by atoms with Crippen LogP contribution in [0.2, 0.25) is 0 Å². The largest absolute Gasteiger partial charge is 0.484 e. The highest BCUT2D eigenvalue weighted by atomic mass is 32.1. The number of thiophene rings is 1. The third-order valence-electron chi connectivity index (χ3n) is 3.84. The van der Waals surface area contributed by atoms with Gasteiger partial charge in [-0.25, -0.2) is 0 Å². The van der Waals surface area contributed by atoms with Crippen molar-refractivity contribution in [2.24, 2.45) is 0 Å². The summed E-state index contributed by atoms with van der Waals surface area (Å²) in [5, 5.41) is 8.31. The first-order valence-electron chi connectivity index (χ1n) is 8.50. The van der Waals surface area contributed by atoms with Gasteiger partial charge in [0.1, 0.15) is 5.75 Å². The van der Waals surface area contributed by atoms with Crippen molar-refractivity contribution in [3.05, 3.63) is 82.0 Å². The minimum Gasteiger partial charge on any atom is -0.484 e. The van der Waals surface area contributed by atoms with Crippen LogP contribution in [0.5, 0.6) is 5.75 Å². The summed E-state index contributed by atoms with van der Waals surface area (Å²) in [4.78, 5) is 13.3. The Balaban J connectivity index is 1.40. The van der Waals surface area contributed by atoms with Crippen LogP contribution in [0.4, 0.5) is 5.69 Å². The van der Waals surface area contributed by atoms with Crippen LogP contribution >= 0.6 is 11.3 Å². The summed E-state index contributed by atoms with van der Waals surface area (Å²) >= 11 is 1.75. The van der Waals surface area contributed by atoms with E-state index in [1.165, 1.54) is 10.4 Å². The average Bonchev–Trinajstić information content (AvgIpc) is 3.16. The van der Waals surface area contributed by atoms with E-state index in [0.29, 0.717) is 5.75 Å². The summed E-state index contributed by atoms with van der Waals surface area (Å²) in [5.74, 6) is 0.515. The highest BCUT2D eigenvalue weighted by molar-refractivity contribution is 7.09. The third-order valence-corrected chi connectivity index (χ3v) is 4.71. The fraction of sp³-hybridized carbons (Fsp3) is 0.190. The summed E-state index contributed by atoms with van der Waals surface area (Å²) in [6.45, 7) is 3.67. The van der Waals surface area contributed by atoms with Crippen molar-refractivity contribution in [1.29, 1.82) is 0 Å². The molecular formula is C21H22N2O2S. The Hall–Kier alpha value is -2.63. The number of ether oxygens (including phenoxy) is 1. The van der Waals surface area contributed by atoms with Gasteiger partial charge in [-0.3, -0.25) is 4.79 Å². The van der Waals surface area contributed by atoms with Gasteiger partial charge in [0.15, 0.2) is 6.61 Å². The molecule has 0 saturated heterocycles. The summed E-state index contributed by atoms with van der Waals surface area (Å²) in [6, 6.07) is 19.7.